The second-order valence-electron chi connectivity index (χ2n) is 5.49. The van der Waals surface area contributed by atoms with Crippen molar-refractivity contribution in [2.24, 2.45) is 5.10 Å². The highest BCUT2D eigenvalue weighted by molar-refractivity contribution is 9.10. The van der Waals surface area contributed by atoms with Crippen LogP contribution in [0, 0.1) is 0 Å². The Kier molecular flexibility index (Phi) is 6.32. The second-order valence-corrected chi connectivity index (χ2v) is 6.82. The highest BCUT2D eigenvalue weighted by Crippen LogP contribution is 2.27. The molecule has 1 heterocycles. The van der Waals surface area contributed by atoms with E-state index < -0.39 is 5.97 Å². The molecule has 0 radical (unpaired) electrons. The Hall–Kier alpha value is -2.57. The molecule has 0 aliphatic carbocycles. The number of hydrogen-bond donors (Lipinski definition) is 1. The van der Waals surface area contributed by atoms with E-state index in [-0.39, 0.29) is 6.61 Å². The molecular weight excluding hydrogens is 432 g/mol. The van der Waals surface area contributed by atoms with Crippen molar-refractivity contribution in [1.82, 2.24) is 0 Å². The molecule has 0 fully saturated rings. The third-order valence-corrected chi connectivity index (χ3v) is 4.46. The minimum absolute atomic E-state index is 0.284. The highest BCUT2D eigenvalue weighted by atomic mass is 79.9. The number of hydrazone groups is 1. The number of halogens is 2. The molecule has 1 aromatic heterocycles. The summed E-state index contributed by atoms with van der Waals surface area (Å²) in [6.07, 6.45) is 1.58. The normalized spacial score (nSPS) is 10.9. The van der Waals surface area contributed by atoms with Gasteiger partial charge in [-0.3, -0.25) is 5.43 Å². The number of nitrogens with one attached hydrogen (secondary N) is 1. The topological polar surface area (TPSA) is 63.8 Å². The van der Waals surface area contributed by atoms with Crippen molar-refractivity contribution in [2.75, 3.05) is 12.0 Å². The maximum absolute atomic E-state index is 12.0. The zero-order chi connectivity index (χ0) is 19.2. The largest absolute Gasteiger partial charge is 0.462 e. The minimum atomic E-state index is -0.462. The van der Waals surface area contributed by atoms with Crippen molar-refractivity contribution in [3.05, 3.63) is 75.4 Å². The lowest BCUT2D eigenvalue weighted by molar-refractivity contribution is 0.0526. The average Bonchev–Trinajstić information content (AvgIpc) is 3.13. The SMILES string of the molecule is CCOC(=O)c1cc(-c2ccc(/C=N\Nc3ccc(Br)cc3)o2)ccc1Cl. The first-order chi connectivity index (χ1) is 13.1. The Labute approximate surface area is 170 Å². The zero-order valence-electron chi connectivity index (χ0n) is 14.4. The smallest absolute Gasteiger partial charge is 0.339 e. The van der Waals surface area contributed by atoms with Gasteiger partial charge in [0.1, 0.15) is 11.5 Å². The number of benzene rings is 2. The van der Waals surface area contributed by atoms with E-state index in [0.29, 0.717) is 22.1 Å². The second kappa shape index (κ2) is 8.88. The summed E-state index contributed by atoms with van der Waals surface area (Å²) in [6.45, 7) is 2.03. The van der Waals surface area contributed by atoms with Gasteiger partial charge in [-0.25, -0.2) is 4.79 Å². The van der Waals surface area contributed by atoms with Crippen molar-refractivity contribution in [2.45, 2.75) is 6.92 Å². The fourth-order valence-electron chi connectivity index (χ4n) is 2.32. The molecule has 3 rings (SSSR count). The Morgan fingerprint density at radius 2 is 2.00 bits per heavy atom. The third kappa shape index (κ3) is 4.99. The van der Waals surface area contributed by atoms with Gasteiger partial charge in [0.15, 0.2) is 0 Å². The molecule has 0 aliphatic heterocycles. The summed E-state index contributed by atoms with van der Waals surface area (Å²) in [4.78, 5) is 12.0. The van der Waals surface area contributed by atoms with E-state index >= 15 is 0 Å². The number of furan rings is 1. The quantitative estimate of drug-likeness (QED) is 0.286. The van der Waals surface area contributed by atoms with Crippen LogP contribution < -0.4 is 5.43 Å². The predicted octanol–water partition coefficient (Wildman–Crippen LogP) is 5.99. The number of anilines is 1. The molecule has 0 aliphatic rings. The van der Waals surface area contributed by atoms with Crippen LogP contribution in [0.15, 0.2) is 68.6 Å². The minimum Gasteiger partial charge on any atom is -0.462 e. The molecule has 0 bridgehead atoms. The van der Waals surface area contributed by atoms with E-state index in [1.165, 1.54) is 0 Å². The van der Waals surface area contributed by atoms with Crippen LogP contribution in [-0.4, -0.2) is 18.8 Å². The number of nitrogens with zero attached hydrogens (tertiary/aromatic N) is 1. The fourth-order valence-corrected chi connectivity index (χ4v) is 2.78. The molecule has 0 saturated carbocycles. The predicted molar refractivity (Wildman–Crippen MR) is 110 cm³/mol. The van der Waals surface area contributed by atoms with Crippen molar-refractivity contribution >= 4 is 45.4 Å². The summed E-state index contributed by atoms with van der Waals surface area (Å²) >= 11 is 9.48. The Morgan fingerprint density at radius 1 is 1.22 bits per heavy atom. The lowest BCUT2D eigenvalue weighted by Crippen LogP contribution is -2.05. The summed E-state index contributed by atoms with van der Waals surface area (Å²) < 4.78 is 11.8. The van der Waals surface area contributed by atoms with Crippen molar-refractivity contribution < 1.29 is 13.9 Å². The number of rotatable bonds is 6. The van der Waals surface area contributed by atoms with Crippen molar-refractivity contribution in [1.29, 1.82) is 0 Å². The fraction of sp³-hybridized carbons (Fsp3) is 0.100. The maximum atomic E-state index is 12.0. The van der Waals surface area contributed by atoms with E-state index in [4.69, 9.17) is 20.8 Å². The van der Waals surface area contributed by atoms with Crippen LogP contribution in [0.4, 0.5) is 5.69 Å². The number of hydrogen-bond acceptors (Lipinski definition) is 5. The molecule has 0 spiro atoms. The summed E-state index contributed by atoms with van der Waals surface area (Å²) in [6, 6.07) is 16.3. The summed E-state index contributed by atoms with van der Waals surface area (Å²) in [7, 11) is 0. The molecule has 3 aromatic rings. The third-order valence-electron chi connectivity index (χ3n) is 3.60. The monoisotopic (exact) mass is 446 g/mol. The summed E-state index contributed by atoms with van der Waals surface area (Å²) in [5, 5.41) is 4.49. The van der Waals surface area contributed by atoms with Crippen LogP contribution >= 0.6 is 27.5 Å². The number of esters is 1. The first-order valence-corrected chi connectivity index (χ1v) is 9.35. The molecular formula is C20H16BrClN2O3. The van der Waals surface area contributed by atoms with Gasteiger partial charge in [0.05, 0.1) is 29.1 Å². The number of carbonyl (C=O) groups excluding carboxylic acids is 1. The molecule has 1 N–H and O–H groups in total. The van der Waals surface area contributed by atoms with Gasteiger partial charge in [0, 0.05) is 10.0 Å². The van der Waals surface area contributed by atoms with Gasteiger partial charge in [0.2, 0.25) is 0 Å². The van der Waals surface area contributed by atoms with Gasteiger partial charge in [-0.05, 0) is 61.5 Å². The molecule has 0 unspecified atom stereocenters. The first kappa shape index (κ1) is 19.2. The summed E-state index contributed by atoms with van der Waals surface area (Å²) in [5.41, 5.74) is 4.81. The lowest BCUT2D eigenvalue weighted by atomic mass is 10.1. The standard InChI is InChI=1S/C20H16BrClN2O3/c1-2-26-20(25)17-11-13(3-9-18(17)22)19-10-8-16(27-19)12-23-24-15-6-4-14(21)5-7-15/h3-12,24H,2H2,1H3/b23-12-. The van der Waals surface area contributed by atoms with Crippen LogP contribution in [0.25, 0.3) is 11.3 Å². The van der Waals surface area contributed by atoms with Gasteiger partial charge in [-0.1, -0.05) is 27.5 Å². The Morgan fingerprint density at radius 3 is 2.74 bits per heavy atom. The van der Waals surface area contributed by atoms with Gasteiger partial charge >= 0.3 is 5.97 Å². The van der Waals surface area contributed by atoms with E-state index in [2.05, 4.69) is 26.5 Å². The van der Waals surface area contributed by atoms with Gasteiger partial charge in [-0.15, -0.1) is 0 Å². The highest BCUT2D eigenvalue weighted by Gasteiger charge is 2.14. The van der Waals surface area contributed by atoms with Crippen LogP contribution in [0.1, 0.15) is 23.0 Å². The molecule has 0 atom stereocenters. The molecule has 0 amide bonds. The molecule has 138 valence electrons. The van der Waals surface area contributed by atoms with Crippen molar-refractivity contribution in [3.63, 3.8) is 0 Å². The molecule has 5 nitrogen and oxygen atoms in total. The van der Waals surface area contributed by atoms with Gasteiger partial charge < -0.3 is 9.15 Å². The Balaban J connectivity index is 1.73. The van der Waals surface area contributed by atoms with Gasteiger partial charge in [-0.2, -0.15) is 5.10 Å². The first-order valence-electron chi connectivity index (χ1n) is 8.18. The lowest BCUT2D eigenvalue weighted by Gasteiger charge is -2.05. The van der Waals surface area contributed by atoms with Crippen molar-refractivity contribution in [3.8, 4) is 11.3 Å². The zero-order valence-corrected chi connectivity index (χ0v) is 16.8. The van der Waals surface area contributed by atoms with Crippen LogP contribution in [0.3, 0.4) is 0 Å². The van der Waals surface area contributed by atoms with E-state index in [0.717, 1.165) is 15.7 Å². The van der Waals surface area contributed by atoms with Gasteiger partial charge in [0.25, 0.3) is 0 Å². The van der Waals surface area contributed by atoms with Crippen LogP contribution in [-0.2, 0) is 4.74 Å². The molecule has 2 aromatic carbocycles. The summed E-state index contributed by atoms with van der Waals surface area (Å²) in [5.74, 6) is 0.709. The maximum Gasteiger partial charge on any atom is 0.339 e. The van der Waals surface area contributed by atoms with Crippen LogP contribution in [0.5, 0.6) is 0 Å². The number of ether oxygens (including phenoxy) is 1. The van der Waals surface area contributed by atoms with E-state index in [9.17, 15) is 4.79 Å². The molecule has 0 saturated heterocycles. The van der Waals surface area contributed by atoms with E-state index in [1.54, 1.807) is 43.5 Å². The molecule has 27 heavy (non-hydrogen) atoms. The van der Waals surface area contributed by atoms with Crippen LogP contribution in [0.2, 0.25) is 5.02 Å². The van der Waals surface area contributed by atoms with E-state index in [1.807, 2.05) is 24.3 Å². The number of carbonyl (C=O) groups is 1. The molecule has 7 heteroatoms. The Bertz CT molecular complexity index is 968. The average molecular weight is 448 g/mol.